The number of hydrogen-bond donors (Lipinski definition) is 2. The number of rotatable bonds is 3. The fourth-order valence-electron chi connectivity index (χ4n) is 3.27. The monoisotopic (exact) mass is 274 g/mol. The Morgan fingerprint density at radius 3 is 2.65 bits per heavy atom. The van der Waals surface area contributed by atoms with Crippen LogP contribution in [0.4, 0.5) is 5.82 Å². The molecule has 0 aliphatic carbocycles. The molecule has 2 aliphatic heterocycles. The second-order valence-electron chi connectivity index (χ2n) is 5.63. The van der Waals surface area contributed by atoms with Gasteiger partial charge in [0.05, 0.1) is 0 Å². The minimum atomic E-state index is -0.00507. The summed E-state index contributed by atoms with van der Waals surface area (Å²) in [5.74, 6) is 0.758. The largest absolute Gasteiger partial charge is 0.382 e. The Morgan fingerprint density at radius 1 is 1.15 bits per heavy atom. The highest BCUT2D eigenvalue weighted by molar-refractivity contribution is 5.97. The topological polar surface area (TPSA) is 82.1 Å². The molecular formula is C14H22N6. The molecule has 6 nitrogen and oxygen atoms in total. The molecule has 6 heteroatoms. The number of nitrogens with one attached hydrogen (secondary N) is 1. The first-order valence-electron chi connectivity index (χ1n) is 7.40. The molecule has 2 fully saturated rings. The maximum atomic E-state index is 7.62. The van der Waals surface area contributed by atoms with Gasteiger partial charge in [-0.3, -0.25) is 10.3 Å². The van der Waals surface area contributed by atoms with Crippen LogP contribution in [0.25, 0.3) is 0 Å². The van der Waals surface area contributed by atoms with Crippen molar-refractivity contribution < 1.29 is 0 Å². The van der Waals surface area contributed by atoms with Crippen molar-refractivity contribution in [1.29, 1.82) is 5.41 Å². The van der Waals surface area contributed by atoms with Crippen LogP contribution in [0.3, 0.4) is 0 Å². The third-order valence-corrected chi connectivity index (χ3v) is 4.30. The Bertz CT molecular complexity index is 482. The SMILES string of the molecule is N=C(N)c1nccnc1N1CCC(N2CCCCC2)C1. The Kier molecular flexibility index (Phi) is 3.82. The fourth-order valence-corrected chi connectivity index (χ4v) is 3.27. The van der Waals surface area contributed by atoms with Gasteiger partial charge in [-0.05, 0) is 32.4 Å². The number of aromatic nitrogens is 2. The van der Waals surface area contributed by atoms with Gasteiger partial charge in [-0.2, -0.15) is 0 Å². The van der Waals surface area contributed by atoms with E-state index >= 15 is 0 Å². The Labute approximate surface area is 119 Å². The molecule has 2 aliphatic rings. The number of hydrogen-bond acceptors (Lipinski definition) is 5. The summed E-state index contributed by atoms with van der Waals surface area (Å²) in [5, 5.41) is 7.62. The summed E-state index contributed by atoms with van der Waals surface area (Å²) in [6, 6.07) is 0.608. The lowest BCUT2D eigenvalue weighted by Gasteiger charge is -2.32. The van der Waals surface area contributed by atoms with Crippen molar-refractivity contribution in [3.63, 3.8) is 0 Å². The first-order valence-corrected chi connectivity index (χ1v) is 7.40. The summed E-state index contributed by atoms with van der Waals surface area (Å²) < 4.78 is 0. The fraction of sp³-hybridized carbons (Fsp3) is 0.643. The quantitative estimate of drug-likeness (QED) is 0.630. The summed E-state index contributed by atoms with van der Waals surface area (Å²) in [6.45, 7) is 4.39. The van der Waals surface area contributed by atoms with Gasteiger partial charge in [0.15, 0.2) is 5.82 Å². The molecule has 1 aromatic heterocycles. The number of amidine groups is 1. The minimum Gasteiger partial charge on any atom is -0.382 e. The summed E-state index contributed by atoms with van der Waals surface area (Å²) in [5.41, 5.74) is 6.11. The van der Waals surface area contributed by atoms with Gasteiger partial charge in [0.1, 0.15) is 11.5 Å². The second kappa shape index (κ2) is 5.75. The second-order valence-corrected chi connectivity index (χ2v) is 5.63. The Balaban J connectivity index is 1.72. The van der Waals surface area contributed by atoms with Crippen molar-refractivity contribution in [2.75, 3.05) is 31.1 Å². The van der Waals surface area contributed by atoms with Gasteiger partial charge in [0.25, 0.3) is 0 Å². The molecule has 20 heavy (non-hydrogen) atoms. The standard InChI is InChI=1S/C14H22N6/c15-13(16)12-14(18-6-5-17-12)20-9-4-11(10-20)19-7-2-1-3-8-19/h5-6,11H,1-4,7-10H2,(H3,15,16). The van der Waals surface area contributed by atoms with E-state index in [2.05, 4.69) is 19.8 Å². The maximum absolute atomic E-state index is 7.62. The zero-order valence-corrected chi connectivity index (χ0v) is 11.8. The van der Waals surface area contributed by atoms with E-state index in [0.717, 1.165) is 25.3 Å². The van der Waals surface area contributed by atoms with Gasteiger partial charge >= 0.3 is 0 Å². The molecule has 0 radical (unpaired) electrons. The average molecular weight is 274 g/mol. The molecule has 0 amide bonds. The van der Waals surface area contributed by atoms with Crippen molar-refractivity contribution in [2.45, 2.75) is 31.7 Å². The molecule has 3 N–H and O–H groups in total. The van der Waals surface area contributed by atoms with E-state index in [9.17, 15) is 0 Å². The van der Waals surface area contributed by atoms with Crippen LogP contribution in [0.5, 0.6) is 0 Å². The number of nitrogens with zero attached hydrogens (tertiary/aromatic N) is 4. The lowest BCUT2D eigenvalue weighted by Crippen LogP contribution is -2.41. The van der Waals surface area contributed by atoms with E-state index in [-0.39, 0.29) is 5.84 Å². The molecule has 1 aromatic rings. The van der Waals surface area contributed by atoms with Crippen molar-refractivity contribution in [3.8, 4) is 0 Å². The molecule has 0 bridgehead atoms. The zero-order valence-electron chi connectivity index (χ0n) is 11.8. The van der Waals surface area contributed by atoms with Crippen molar-refractivity contribution >= 4 is 11.7 Å². The van der Waals surface area contributed by atoms with Crippen LogP contribution in [-0.4, -0.2) is 52.9 Å². The summed E-state index contributed by atoms with van der Waals surface area (Å²) >= 11 is 0. The van der Waals surface area contributed by atoms with Gasteiger partial charge in [0.2, 0.25) is 0 Å². The highest BCUT2D eigenvalue weighted by Gasteiger charge is 2.30. The highest BCUT2D eigenvalue weighted by Crippen LogP contribution is 2.25. The van der Waals surface area contributed by atoms with Gasteiger partial charge in [-0.15, -0.1) is 0 Å². The third kappa shape index (κ3) is 2.60. The number of nitrogens with two attached hydrogens (primary N) is 1. The maximum Gasteiger partial charge on any atom is 0.158 e. The smallest absolute Gasteiger partial charge is 0.158 e. The zero-order chi connectivity index (χ0) is 13.9. The molecule has 1 unspecified atom stereocenters. The minimum absolute atomic E-state index is 0.00507. The third-order valence-electron chi connectivity index (χ3n) is 4.30. The van der Waals surface area contributed by atoms with Gasteiger partial charge in [0, 0.05) is 31.5 Å². The number of anilines is 1. The molecule has 108 valence electrons. The lowest BCUT2D eigenvalue weighted by molar-refractivity contribution is 0.175. The Hall–Kier alpha value is -1.69. The van der Waals surface area contributed by atoms with E-state index < -0.39 is 0 Å². The average Bonchev–Trinajstić information content (AvgIpc) is 2.98. The van der Waals surface area contributed by atoms with Crippen molar-refractivity contribution in [1.82, 2.24) is 14.9 Å². The van der Waals surface area contributed by atoms with E-state index in [0.29, 0.717) is 11.7 Å². The summed E-state index contributed by atoms with van der Waals surface area (Å²) in [4.78, 5) is 13.4. The van der Waals surface area contributed by atoms with E-state index in [1.165, 1.54) is 32.4 Å². The first-order chi connectivity index (χ1) is 9.75. The van der Waals surface area contributed by atoms with E-state index in [4.69, 9.17) is 11.1 Å². The number of nitrogen functional groups attached to an aromatic ring is 1. The van der Waals surface area contributed by atoms with Crippen LogP contribution < -0.4 is 10.6 Å². The molecule has 1 atom stereocenters. The van der Waals surface area contributed by atoms with Crippen LogP contribution in [0.1, 0.15) is 31.4 Å². The highest BCUT2D eigenvalue weighted by atomic mass is 15.3. The molecular weight excluding hydrogens is 252 g/mol. The normalized spacial score (nSPS) is 24.0. The Morgan fingerprint density at radius 2 is 1.90 bits per heavy atom. The lowest BCUT2D eigenvalue weighted by atomic mass is 10.1. The van der Waals surface area contributed by atoms with Gasteiger partial charge in [-0.25, -0.2) is 9.97 Å². The van der Waals surface area contributed by atoms with Crippen molar-refractivity contribution in [2.24, 2.45) is 5.73 Å². The molecule has 3 rings (SSSR count). The molecule has 0 saturated carbocycles. The molecule has 2 saturated heterocycles. The van der Waals surface area contributed by atoms with Crippen LogP contribution in [-0.2, 0) is 0 Å². The summed E-state index contributed by atoms with van der Waals surface area (Å²) in [6.07, 6.45) is 8.44. The summed E-state index contributed by atoms with van der Waals surface area (Å²) in [7, 11) is 0. The van der Waals surface area contributed by atoms with E-state index in [1.54, 1.807) is 12.4 Å². The van der Waals surface area contributed by atoms with E-state index in [1.807, 2.05) is 0 Å². The van der Waals surface area contributed by atoms with Gasteiger partial charge in [-0.1, -0.05) is 6.42 Å². The van der Waals surface area contributed by atoms with Crippen LogP contribution in [0.15, 0.2) is 12.4 Å². The molecule has 0 aromatic carbocycles. The number of likely N-dealkylation sites (tertiary alicyclic amines) is 1. The molecule has 0 spiro atoms. The molecule has 3 heterocycles. The van der Waals surface area contributed by atoms with Crippen LogP contribution in [0.2, 0.25) is 0 Å². The van der Waals surface area contributed by atoms with Crippen molar-refractivity contribution in [3.05, 3.63) is 18.1 Å². The predicted molar refractivity (Wildman–Crippen MR) is 79.1 cm³/mol. The first kappa shape index (κ1) is 13.3. The van der Waals surface area contributed by atoms with Crippen LogP contribution >= 0.6 is 0 Å². The van der Waals surface area contributed by atoms with Gasteiger partial charge < -0.3 is 10.6 Å². The number of piperidine rings is 1. The predicted octanol–water partition coefficient (Wildman–Crippen LogP) is 0.825. The van der Waals surface area contributed by atoms with Crippen LogP contribution in [0, 0.1) is 5.41 Å².